The van der Waals surface area contributed by atoms with E-state index in [-0.39, 0.29) is 17.7 Å². The maximum absolute atomic E-state index is 13.2. The normalized spacial score (nSPS) is 12.8. The van der Waals surface area contributed by atoms with Crippen LogP contribution in [0.1, 0.15) is 36.3 Å². The predicted molar refractivity (Wildman–Crippen MR) is 93.8 cm³/mol. The van der Waals surface area contributed by atoms with Crippen molar-refractivity contribution in [2.75, 3.05) is 5.32 Å². The van der Waals surface area contributed by atoms with E-state index >= 15 is 0 Å². The average Bonchev–Trinajstić information content (AvgIpc) is 3.11. The zero-order valence-corrected chi connectivity index (χ0v) is 14.9. The Morgan fingerprint density at radius 2 is 1.88 bits per heavy atom. The number of alkyl halides is 3. The molecule has 0 bridgehead atoms. The highest BCUT2D eigenvalue weighted by Gasteiger charge is 2.34. The standard InChI is InChI=1S/C17H16F3N5S/c1-3-15-23-12(9-26-15)10(2)22-14-8-13(17(18,19)20)24-16(25-14)11-4-6-21-7-5-11/h4-10H,3H2,1-2H3,(H,22,24,25). The van der Waals surface area contributed by atoms with Crippen LogP contribution in [0.5, 0.6) is 0 Å². The van der Waals surface area contributed by atoms with E-state index in [2.05, 4.69) is 25.3 Å². The van der Waals surface area contributed by atoms with Gasteiger partial charge in [-0.2, -0.15) is 13.2 Å². The van der Waals surface area contributed by atoms with Gasteiger partial charge in [0, 0.05) is 29.4 Å². The molecule has 0 saturated carbocycles. The number of pyridine rings is 1. The molecule has 0 fully saturated rings. The highest BCUT2D eigenvalue weighted by molar-refractivity contribution is 7.09. The molecule has 1 atom stereocenters. The lowest BCUT2D eigenvalue weighted by molar-refractivity contribution is -0.141. The van der Waals surface area contributed by atoms with E-state index in [0.29, 0.717) is 5.56 Å². The van der Waals surface area contributed by atoms with Crippen molar-refractivity contribution in [2.45, 2.75) is 32.5 Å². The molecule has 0 aliphatic carbocycles. The number of nitrogens with zero attached hydrogens (tertiary/aromatic N) is 4. The van der Waals surface area contributed by atoms with Gasteiger partial charge in [0.05, 0.1) is 16.7 Å². The number of aromatic nitrogens is 4. The van der Waals surface area contributed by atoms with Gasteiger partial charge in [0.25, 0.3) is 0 Å². The summed E-state index contributed by atoms with van der Waals surface area (Å²) in [7, 11) is 0. The molecule has 0 aliphatic rings. The summed E-state index contributed by atoms with van der Waals surface area (Å²) in [5.41, 5.74) is 0.231. The molecule has 0 saturated heterocycles. The molecule has 5 nitrogen and oxygen atoms in total. The van der Waals surface area contributed by atoms with Crippen LogP contribution in [-0.4, -0.2) is 19.9 Å². The molecule has 9 heteroatoms. The maximum atomic E-state index is 13.2. The molecule has 26 heavy (non-hydrogen) atoms. The number of hydrogen-bond acceptors (Lipinski definition) is 6. The van der Waals surface area contributed by atoms with Crippen LogP contribution in [0.2, 0.25) is 0 Å². The van der Waals surface area contributed by atoms with Crippen molar-refractivity contribution in [3.05, 3.63) is 52.4 Å². The summed E-state index contributed by atoms with van der Waals surface area (Å²) in [5.74, 6) is 0.0853. The largest absolute Gasteiger partial charge is 0.433 e. The van der Waals surface area contributed by atoms with Crippen LogP contribution in [0.3, 0.4) is 0 Å². The molecule has 3 heterocycles. The van der Waals surface area contributed by atoms with Crippen LogP contribution in [0.4, 0.5) is 19.0 Å². The van der Waals surface area contributed by atoms with Gasteiger partial charge in [0.2, 0.25) is 0 Å². The summed E-state index contributed by atoms with van der Waals surface area (Å²) < 4.78 is 39.7. The molecule has 0 radical (unpaired) electrons. The second kappa shape index (κ2) is 7.36. The van der Waals surface area contributed by atoms with Crippen molar-refractivity contribution in [3.63, 3.8) is 0 Å². The van der Waals surface area contributed by atoms with Crippen molar-refractivity contribution in [1.82, 2.24) is 19.9 Å². The van der Waals surface area contributed by atoms with Crippen LogP contribution in [0, 0.1) is 0 Å². The number of thiazole rings is 1. The van der Waals surface area contributed by atoms with E-state index in [0.717, 1.165) is 23.2 Å². The van der Waals surface area contributed by atoms with Crippen molar-refractivity contribution in [2.24, 2.45) is 0 Å². The molecule has 1 N–H and O–H groups in total. The molecule has 3 aromatic heterocycles. The van der Waals surface area contributed by atoms with Crippen molar-refractivity contribution in [1.29, 1.82) is 0 Å². The predicted octanol–water partition coefficient (Wildman–Crippen LogP) is 4.75. The molecule has 0 amide bonds. The van der Waals surface area contributed by atoms with Crippen LogP contribution >= 0.6 is 11.3 Å². The summed E-state index contributed by atoms with van der Waals surface area (Å²) in [6, 6.07) is 3.76. The molecule has 136 valence electrons. The minimum absolute atomic E-state index is 0.00977. The van der Waals surface area contributed by atoms with Crippen molar-refractivity contribution >= 4 is 17.2 Å². The zero-order chi connectivity index (χ0) is 18.7. The van der Waals surface area contributed by atoms with Gasteiger partial charge in [-0.1, -0.05) is 6.92 Å². The van der Waals surface area contributed by atoms with Gasteiger partial charge in [-0.3, -0.25) is 4.98 Å². The Morgan fingerprint density at radius 3 is 2.50 bits per heavy atom. The molecule has 0 spiro atoms. The van der Waals surface area contributed by atoms with Crippen LogP contribution in [-0.2, 0) is 12.6 Å². The third kappa shape index (κ3) is 4.16. The molecule has 0 aromatic carbocycles. The topological polar surface area (TPSA) is 63.6 Å². The monoisotopic (exact) mass is 379 g/mol. The minimum atomic E-state index is -4.57. The Morgan fingerprint density at radius 1 is 1.15 bits per heavy atom. The van der Waals surface area contributed by atoms with Gasteiger partial charge in [-0.15, -0.1) is 11.3 Å². The summed E-state index contributed by atoms with van der Waals surface area (Å²) in [4.78, 5) is 16.2. The maximum Gasteiger partial charge on any atom is 0.433 e. The molecule has 1 unspecified atom stereocenters. The highest BCUT2D eigenvalue weighted by atomic mass is 32.1. The van der Waals surface area contributed by atoms with E-state index in [9.17, 15) is 13.2 Å². The van der Waals surface area contributed by atoms with Gasteiger partial charge < -0.3 is 5.32 Å². The Hall–Kier alpha value is -2.55. The van der Waals surface area contributed by atoms with E-state index in [1.165, 1.54) is 23.7 Å². The lowest BCUT2D eigenvalue weighted by atomic mass is 10.2. The number of halogens is 3. The van der Waals surface area contributed by atoms with E-state index in [1.807, 2.05) is 19.2 Å². The summed E-state index contributed by atoms with van der Waals surface area (Å²) in [6.45, 7) is 3.83. The second-order valence-corrected chi connectivity index (χ2v) is 6.52. The first-order valence-electron chi connectivity index (χ1n) is 7.94. The van der Waals surface area contributed by atoms with E-state index < -0.39 is 11.9 Å². The summed E-state index contributed by atoms with van der Waals surface area (Å²) in [6.07, 6.45) is -0.790. The first kappa shape index (κ1) is 18.2. The van der Waals surface area contributed by atoms with Gasteiger partial charge >= 0.3 is 6.18 Å². The molecule has 3 aromatic rings. The van der Waals surface area contributed by atoms with E-state index in [4.69, 9.17) is 0 Å². The Kier molecular flexibility index (Phi) is 5.17. The number of rotatable bonds is 5. The lowest BCUT2D eigenvalue weighted by Gasteiger charge is -2.15. The molecular formula is C17H16F3N5S. The summed E-state index contributed by atoms with van der Waals surface area (Å²) >= 11 is 1.53. The Bertz CT molecular complexity index is 880. The highest BCUT2D eigenvalue weighted by Crippen LogP contribution is 2.31. The van der Waals surface area contributed by atoms with Crippen molar-refractivity contribution < 1.29 is 13.2 Å². The van der Waals surface area contributed by atoms with Crippen LogP contribution in [0.15, 0.2) is 36.0 Å². The van der Waals surface area contributed by atoms with Crippen LogP contribution < -0.4 is 5.32 Å². The lowest BCUT2D eigenvalue weighted by Crippen LogP contribution is -2.14. The molecule has 3 rings (SSSR count). The third-order valence-corrected chi connectivity index (χ3v) is 4.65. The fraction of sp³-hybridized carbons (Fsp3) is 0.294. The average molecular weight is 379 g/mol. The smallest absolute Gasteiger partial charge is 0.362 e. The fourth-order valence-corrected chi connectivity index (χ4v) is 3.12. The Labute approximate surface area is 152 Å². The third-order valence-electron chi connectivity index (χ3n) is 3.64. The van der Waals surface area contributed by atoms with Gasteiger partial charge in [-0.25, -0.2) is 15.0 Å². The first-order chi connectivity index (χ1) is 12.4. The quantitative estimate of drug-likeness (QED) is 0.693. The molecular weight excluding hydrogens is 363 g/mol. The SMILES string of the molecule is CCc1nc(C(C)Nc2cc(C(F)(F)F)nc(-c3ccncc3)n2)cs1. The number of anilines is 1. The minimum Gasteiger partial charge on any atom is -0.362 e. The van der Waals surface area contributed by atoms with Gasteiger partial charge in [0.1, 0.15) is 5.82 Å². The van der Waals surface area contributed by atoms with Crippen LogP contribution in [0.25, 0.3) is 11.4 Å². The van der Waals surface area contributed by atoms with Gasteiger partial charge in [0.15, 0.2) is 11.5 Å². The number of nitrogens with one attached hydrogen (secondary N) is 1. The summed E-state index contributed by atoms with van der Waals surface area (Å²) in [5, 5.41) is 5.87. The second-order valence-electron chi connectivity index (χ2n) is 5.58. The van der Waals surface area contributed by atoms with Gasteiger partial charge in [-0.05, 0) is 25.5 Å². The van der Waals surface area contributed by atoms with Crippen molar-refractivity contribution in [3.8, 4) is 11.4 Å². The number of hydrogen-bond donors (Lipinski definition) is 1. The molecule has 0 aliphatic heterocycles. The Balaban J connectivity index is 1.95. The van der Waals surface area contributed by atoms with E-state index in [1.54, 1.807) is 12.1 Å². The first-order valence-corrected chi connectivity index (χ1v) is 8.82. The number of aryl methyl sites for hydroxylation is 1. The fourth-order valence-electron chi connectivity index (χ4n) is 2.28. The zero-order valence-electron chi connectivity index (χ0n) is 14.1.